The molecule has 1 aromatic rings. The summed E-state index contributed by atoms with van der Waals surface area (Å²) in [4.78, 5) is 4.49. The molecule has 1 N–H and O–H groups in total. The molecule has 1 fully saturated rings. The predicted octanol–water partition coefficient (Wildman–Crippen LogP) is 3.04. The van der Waals surface area contributed by atoms with Gasteiger partial charge in [0.2, 0.25) is 0 Å². The average molecular weight is 278 g/mol. The highest BCUT2D eigenvalue weighted by Gasteiger charge is 2.30. The summed E-state index contributed by atoms with van der Waals surface area (Å²) in [6, 6.07) is 0.648. The highest BCUT2D eigenvalue weighted by Crippen LogP contribution is 2.33. The van der Waals surface area contributed by atoms with Gasteiger partial charge in [-0.15, -0.1) is 0 Å². The van der Waals surface area contributed by atoms with Gasteiger partial charge in [-0.25, -0.2) is 4.98 Å². The Morgan fingerprint density at radius 2 is 2.15 bits per heavy atom. The van der Waals surface area contributed by atoms with Gasteiger partial charge in [0.05, 0.1) is 0 Å². The van der Waals surface area contributed by atoms with Crippen molar-refractivity contribution >= 4 is 0 Å². The number of hydrogen-bond acceptors (Lipinski definition) is 3. The first-order chi connectivity index (χ1) is 9.78. The number of hydrogen-bond donors (Lipinski definition) is 1. The number of nitrogens with one attached hydrogen (secondary N) is 1. The van der Waals surface area contributed by atoms with Gasteiger partial charge in [-0.2, -0.15) is 5.10 Å². The summed E-state index contributed by atoms with van der Waals surface area (Å²) >= 11 is 0. The molecule has 114 valence electrons. The first-order valence-electron chi connectivity index (χ1n) is 8.32. The molecule has 0 saturated heterocycles. The van der Waals surface area contributed by atoms with E-state index in [9.17, 15) is 0 Å². The summed E-state index contributed by atoms with van der Waals surface area (Å²) in [5, 5.41) is 7.89. The molecule has 4 heteroatoms. The highest BCUT2D eigenvalue weighted by molar-refractivity contribution is 4.93. The van der Waals surface area contributed by atoms with Crippen molar-refractivity contribution in [2.24, 2.45) is 11.8 Å². The molecule has 0 aromatic carbocycles. The van der Waals surface area contributed by atoms with Crippen LogP contribution in [0.15, 0.2) is 6.33 Å². The second-order valence-electron chi connectivity index (χ2n) is 6.23. The minimum absolute atomic E-state index is 0.648. The normalized spacial score (nSPS) is 26.9. The van der Waals surface area contributed by atoms with Crippen molar-refractivity contribution < 1.29 is 0 Å². The maximum Gasteiger partial charge on any atom is 0.138 e. The Bertz CT molecular complexity index is 388. The third kappa shape index (κ3) is 3.81. The molecule has 20 heavy (non-hydrogen) atoms. The van der Waals surface area contributed by atoms with Crippen LogP contribution in [0, 0.1) is 11.8 Å². The smallest absolute Gasteiger partial charge is 0.138 e. The lowest BCUT2D eigenvalue weighted by Gasteiger charge is -2.36. The zero-order valence-electron chi connectivity index (χ0n) is 13.3. The van der Waals surface area contributed by atoms with E-state index in [-0.39, 0.29) is 0 Å². The van der Waals surface area contributed by atoms with Gasteiger partial charge in [-0.3, -0.25) is 4.68 Å². The maximum absolute atomic E-state index is 4.49. The van der Waals surface area contributed by atoms with Gasteiger partial charge >= 0.3 is 0 Å². The van der Waals surface area contributed by atoms with Crippen LogP contribution in [0.2, 0.25) is 0 Å². The fourth-order valence-corrected chi connectivity index (χ4v) is 3.72. The van der Waals surface area contributed by atoms with Crippen molar-refractivity contribution in [3.05, 3.63) is 12.2 Å². The first-order valence-corrected chi connectivity index (χ1v) is 8.32. The van der Waals surface area contributed by atoms with Crippen LogP contribution in [0.4, 0.5) is 0 Å². The lowest BCUT2D eigenvalue weighted by atomic mass is 9.75. The van der Waals surface area contributed by atoms with E-state index < -0.39 is 0 Å². The summed E-state index contributed by atoms with van der Waals surface area (Å²) in [6.45, 7) is 5.49. The van der Waals surface area contributed by atoms with Gasteiger partial charge in [0.15, 0.2) is 0 Å². The highest BCUT2D eigenvalue weighted by atomic mass is 15.3. The maximum atomic E-state index is 4.49. The van der Waals surface area contributed by atoms with Crippen molar-refractivity contribution in [1.29, 1.82) is 0 Å². The molecule has 3 unspecified atom stereocenters. The Labute approximate surface area is 123 Å². The molecule has 0 amide bonds. The second-order valence-corrected chi connectivity index (χ2v) is 6.23. The third-order valence-electron chi connectivity index (χ3n) is 4.73. The molecule has 1 aliphatic rings. The average Bonchev–Trinajstić information content (AvgIpc) is 2.87. The fourth-order valence-electron chi connectivity index (χ4n) is 3.72. The van der Waals surface area contributed by atoms with Crippen LogP contribution in [0.3, 0.4) is 0 Å². The lowest BCUT2D eigenvalue weighted by Crippen LogP contribution is -2.40. The van der Waals surface area contributed by atoms with Crippen LogP contribution in [0.5, 0.6) is 0 Å². The van der Waals surface area contributed by atoms with Crippen LogP contribution in [-0.4, -0.2) is 27.9 Å². The van der Waals surface area contributed by atoms with E-state index in [1.807, 2.05) is 0 Å². The fraction of sp³-hybridized carbons (Fsp3) is 0.875. The van der Waals surface area contributed by atoms with Crippen LogP contribution in [-0.2, 0) is 13.0 Å². The molecule has 3 atom stereocenters. The summed E-state index contributed by atoms with van der Waals surface area (Å²) < 4.78 is 2.09. The molecule has 0 radical (unpaired) electrons. The quantitative estimate of drug-likeness (QED) is 0.833. The van der Waals surface area contributed by atoms with E-state index in [1.165, 1.54) is 37.9 Å². The number of nitrogens with zero attached hydrogens (tertiary/aromatic N) is 3. The standard InChI is InChI=1S/C16H30N4/c1-4-6-13-7-8-15(17-3)14(10-13)11-16-18-12-19-20(16)9-5-2/h12-15,17H,4-11H2,1-3H3. The van der Waals surface area contributed by atoms with E-state index >= 15 is 0 Å². The van der Waals surface area contributed by atoms with E-state index in [2.05, 4.69) is 41.0 Å². The zero-order chi connectivity index (χ0) is 14.4. The van der Waals surface area contributed by atoms with Crippen molar-refractivity contribution in [2.75, 3.05) is 7.05 Å². The van der Waals surface area contributed by atoms with Gasteiger partial charge in [0.1, 0.15) is 12.2 Å². The van der Waals surface area contributed by atoms with Gasteiger partial charge in [0, 0.05) is 19.0 Å². The Morgan fingerprint density at radius 1 is 1.30 bits per heavy atom. The van der Waals surface area contributed by atoms with Gasteiger partial charge in [-0.1, -0.05) is 26.7 Å². The molecule has 0 bridgehead atoms. The van der Waals surface area contributed by atoms with Gasteiger partial charge < -0.3 is 5.32 Å². The predicted molar refractivity (Wildman–Crippen MR) is 82.6 cm³/mol. The van der Waals surface area contributed by atoms with Crippen LogP contribution in [0.25, 0.3) is 0 Å². The molecule has 1 heterocycles. The van der Waals surface area contributed by atoms with E-state index in [1.54, 1.807) is 6.33 Å². The Balaban J connectivity index is 2.01. The van der Waals surface area contributed by atoms with E-state index in [4.69, 9.17) is 0 Å². The summed E-state index contributed by atoms with van der Waals surface area (Å²) in [7, 11) is 2.11. The minimum atomic E-state index is 0.648. The summed E-state index contributed by atoms with van der Waals surface area (Å²) in [6.07, 6.45) is 10.7. The largest absolute Gasteiger partial charge is 0.317 e. The molecule has 1 saturated carbocycles. The Kier molecular flexibility index (Phi) is 6.02. The number of aromatic nitrogens is 3. The topological polar surface area (TPSA) is 42.7 Å². The van der Waals surface area contributed by atoms with Crippen molar-refractivity contribution in [2.45, 2.75) is 71.4 Å². The van der Waals surface area contributed by atoms with E-state index in [0.717, 1.165) is 25.3 Å². The molecule has 1 aliphatic carbocycles. The van der Waals surface area contributed by atoms with Crippen LogP contribution in [0.1, 0.15) is 58.2 Å². The number of aryl methyl sites for hydroxylation is 1. The molecule has 4 nitrogen and oxygen atoms in total. The van der Waals surface area contributed by atoms with Gasteiger partial charge in [0.25, 0.3) is 0 Å². The third-order valence-corrected chi connectivity index (χ3v) is 4.73. The molecular formula is C16H30N4. The molecular weight excluding hydrogens is 248 g/mol. The summed E-state index contributed by atoms with van der Waals surface area (Å²) in [5.74, 6) is 2.80. The number of rotatable bonds is 7. The zero-order valence-corrected chi connectivity index (χ0v) is 13.3. The molecule has 0 spiro atoms. The minimum Gasteiger partial charge on any atom is -0.317 e. The van der Waals surface area contributed by atoms with Crippen molar-refractivity contribution in [1.82, 2.24) is 20.1 Å². The first kappa shape index (κ1) is 15.5. The molecule has 2 rings (SSSR count). The SMILES string of the molecule is CCCC1CCC(NC)C(Cc2ncnn2CCC)C1. The Morgan fingerprint density at radius 3 is 2.85 bits per heavy atom. The van der Waals surface area contributed by atoms with E-state index in [0.29, 0.717) is 12.0 Å². The molecule has 0 aliphatic heterocycles. The van der Waals surface area contributed by atoms with Gasteiger partial charge in [-0.05, 0) is 44.6 Å². The van der Waals surface area contributed by atoms with Crippen LogP contribution >= 0.6 is 0 Å². The molecule has 1 aromatic heterocycles. The lowest BCUT2D eigenvalue weighted by molar-refractivity contribution is 0.196. The Hall–Kier alpha value is -0.900. The van der Waals surface area contributed by atoms with Crippen molar-refractivity contribution in [3.63, 3.8) is 0 Å². The second kappa shape index (κ2) is 7.77. The van der Waals surface area contributed by atoms with Crippen LogP contribution < -0.4 is 5.32 Å². The monoisotopic (exact) mass is 278 g/mol. The van der Waals surface area contributed by atoms with Crippen molar-refractivity contribution in [3.8, 4) is 0 Å². The summed E-state index contributed by atoms with van der Waals surface area (Å²) in [5.41, 5.74) is 0.